The van der Waals surface area contributed by atoms with Crippen LogP contribution in [-0.2, 0) is 17.8 Å². The monoisotopic (exact) mass is 541 g/mol. The zero-order chi connectivity index (χ0) is 27.9. The number of benzene rings is 4. The lowest BCUT2D eigenvalue weighted by molar-refractivity contribution is 0.0474. The molecular weight excluding hydrogens is 517 g/mol. The van der Waals surface area contributed by atoms with Crippen LogP contribution in [0.4, 0.5) is 4.39 Å². The van der Waals surface area contributed by atoms with Crippen LogP contribution >= 0.6 is 0 Å². The quantitative estimate of drug-likeness (QED) is 0.129. The Bertz CT molecular complexity index is 2080. The van der Waals surface area contributed by atoms with Crippen LogP contribution < -0.4 is 5.63 Å². The number of nitrogens with zero attached hydrogens (tertiary/aromatic N) is 1. The number of esters is 1. The molecule has 7 rings (SSSR count). The first-order chi connectivity index (χ1) is 20.0. The van der Waals surface area contributed by atoms with Gasteiger partial charge < -0.3 is 9.15 Å². The molecule has 0 unspecified atom stereocenters. The van der Waals surface area contributed by atoms with Gasteiger partial charge in [0.25, 0.3) is 0 Å². The van der Waals surface area contributed by atoms with Gasteiger partial charge in [0.15, 0.2) is 0 Å². The number of carbonyl (C=O) groups is 1. The molecule has 0 atom stereocenters. The molecule has 2 aromatic heterocycles. The third kappa shape index (κ3) is 4.57. The van der Waals surface area contributed by atoms with Crippen molar-refractivity contribution in [3.8, 4) is 0 Å². The van der Waals surface area contributed by atoms with Crippen LogP contribution in [0, 0.1) is 5.82 Å². The van der Waals surface area contributed by atoms with Crippen LogP contribution in [0.15, 0.2) is 100 Å². The summed E-state index contributed by atoms with van der Waals surface area (Å²) < 4.78 is 24.9. The SMILES string of the molecule is O=C(OCc1cc(=O)oc2ccc3ccccc3c12)c1c2c(nc3ccccc13)/C(=C\c1ccc(F)cc1)CCC2. The van der Waals surface area contributed by atoms with E-state index in [-0.39, 0.29) is 12.4 Å². The molecule has 0 fully saturated rings. The summed E-state index contributed by atoms with van der Waals surface area (Å²) in [4.78, 5) is 31.2. The number of halogens is 1. The van der Waals surface area contributed by atoms with Gasteiger partial charge in [-0.15, -0.1) is 0 Å². The van der Waals surface area contributed by atoms with Gasteiger partial charge >= 0.3 is 11.6 Å². The van der Waals surface area contributed by atoms with E-state index >= 15 is 0 Å². The highest BCUT2D eigenvalue weighted by Crippen LogP contribution is 2.37. The first kappa shape index (κ1) is 24.9. The summed E-state index contributed by atoms with van der Waals surface area (Å²) in [5.41, 5.74) is 5.20. The molecule has 0 bridgehead atoms. The van der Waals surface area contributed by atoms with E-state index in [9.17, 15) is 14.0 Å². The van der Waals surface area contributed by atoms with Gasteiger partial charge in [0.2, 0.25) is 0 Å². The normalized spacial score (nSPS) is 14.0. The van der Waals surface area contributed by atoms with Gasteiger partial charge in [0, 0.05) is 22.4 Å². The maximum absolute atomic E-state index is 13.9. The van der Waals surface area contributed by atoms with E-state index < -0.39 is 11.6 Å². The van der Waals surface area contributed by atoms with Gasteiger partial charge in [-0.05, 0) is 77.1 Å². The molecule has 0 saturated carbocycles. The zero-order valence-corrected chi connectivity index (χ0v) is 22.0. The minimum absolute atomic E-state index is 0.0847. The molecule has 2 heterocycles. The predicted octanol–water partition coefficient (Wildman–Crippen LogP) is 7.87. The van der Waals surface area contributed by atoms with E-state index in [0.717, 1.165) is 56.8 Å². The lowest BCUT2D eigenvalue weighted by Crippen LogP contribution is -2.16. The fourth-order valence-electron chi connectivity index (χ4n) is 5.82. The van der Waals surface area contributed by atoms with Gasteiger partial charge in [0.1, 0.15) is 18.0 Å². The number of pyridine rings is 1. The third-order valence-corrected chi connectivity index (χ3v) is 7.66. The highest BCUT2D eigenvalue weighted by atomic mass is 19.1. The van der Waals surface area contributed by atoms with Crippen LogP contribution in [0.5, 0.6) is 0 Å². The molecule has 0 N–H and O–H groups in total. The second kappa shape index (κ2) is 10.1. The molecule has 1 aliphatic rings. The van der Waals surface area contributed by atoms with E-state index in [4.69, 9.17) is 14.1 Å². The molecule has 6 heteroatoms. The van der Waals surface area contributed by atoms with Gasteiger partial charge in [-0.1, -0.05) is 60.7 Å². The number of carbonyl (C=O) groups excluding carboxylic acids is 1. The Morgan fingerprint density at radius 1 is 0.927 bits per heavy atom. The van der Waals surface area contributed by atoms with Crippen LogP contribution in [0.25, 0.3) is 44.3 Å². The van der Waals surface area contributed by atoms with Crippen LogP contribution in [0.1, 0.15) is 45.6 Å². The summed E-state index contributed by atoms with van der Waals surface area (Å²) in [5.74, 6) is -0.758. The minimum atomic E-state index is -0.499. The van der Waals surface area contributed by atoms with Gasteiger partial charge in [-0.25, -0.2) is 19.0 Å². The fraction of sp³-hybridized carbons (Fsp3) is 0.114. The first-order valence-corrected chi connectivity index (χ1v) is 13.5. The molecule has 6 aromatic rings. The van der Waals surface area contributed by atoms with Crippen LogP contribution in [0.3, 0.4) is 0 Å². The van der Waals surface area contributed by atoms with Crippen molar-refractivity contribution in [2.24, 2.45) is 0 Å². The van der Waals surface area contributed by atoms with Crippen molar-refractivity contribution in [3.63, 3.8) is 0 Å². The number of para-hydroxylation sites is 1. The van der Waals surface area contributed by atoms with Crippen molar-refractivity contribution in [2.75, 3.05) is 0 Å². The Labute approximate surface area is 234 Å². The van der Waals surface area contributed by atoms with Gasteiger partial charge in [0.05, 0.1) is 16.8 Å². The first-order valence-electron chi connectivity index (χ1n) is 13.5. The summed E-state index contributed by atoms with van der Waals surface area (Å²) in [7, 11) is 0. The standard InChI is InChI=1S/C35H24FNO4/c36-25-15-12-21(13-16-25)18-23-7-5-10-28-33(27-9-3-4-11-29(27)37-34(23)28)35(39)40-20-24-19-31(38)41-30-17-14-22-6-1-2-8-26(22)32(24)30/h1-4,6,8-9,11-19H,5,7,10,20H2/b23-18-. The Morgan fingerprint density at radius 2 is 1.71 bits per heavy atom. The average molecular weight is 542 g/mol. The molecule has 0 spiro atoms. The molecule has 41 heavy (non-hydrogen) atoms. The molecule has 1 aliphatic carbocycles. The zero-order valence-electron chi connectivity index (χ0n) is 22.0. The van der Waals surface area contributed by atoms with E-state index in [1.165, 1.54) is 18.2 Å². The van der Waals surface area contributed by atoms with Crippen molar-refractivity contribution in [1.29, 1.82) is 0 Å². The molecular formula is C35H24FNO4. The average Bonchev–Trinajstić information content (AvgIpc) is 2.99. The second-order valence-electron chi connectivity index (χ2n) is 10.2. The van der Waals surface area contributed by atoms with E-state index in [1.807, 2.05) is 60.7 Å². The largest absolute Gasteiger partial charge is 0.457 e. The van der Waals surface area contributed by atoms with Crippen molar-refractivity contribution in [3.05, 3.63) is 135 Å². The maximum atomic E-state index is 13.9. The molecule has 0 saturated heterocycles. The minimum Gasteiger partial charge on any atom is -0.457 e. The van der Waals surface area contributed by atoms with Crippen molar-refractivity contribution >= 4 is 50.3 Å². The van der Waals surface area contributed by atoms with Gasteiger partial charge in [-0.3, -0.25) is 0 Å². The van der Waals surface area contributed by atoms with Crippen molar-refractivity contribution < 1.29 is 18.3 Å². The number of rotatable bonds is 4. The number of hydrogen-bond donors (Lipinski definition) is 0. The molecule has 4 aromatic carbocycles. The molecule has 5 nitrogen and oxygen atoms in total. The summed E-state index contributed by atoms with van der Waals surface area (Å²) in [6, 6.07) is 26.8. The van der Waals surface area contributed by atoms with E-state index in [2.05, 4.69) is 0 Å². The summed E-state index contributed by atoms with van der Waals surface area (Å²) in [6.07, 6.45) is 4.33. The Hall–Kier alpha value is -5.10. The second-order valence-corrected chi connectivity index (χ2v) is 10.2. The van der Waals surface area contributed by atoms with Crippen molar-refractivity contribution in [1.82, 2.24) is 4.98 Å². The molecule has 0 radical (unpaired) electrons. The Balaban J connectivity index is 1.31. The number of ether oxygens (including phenoxy) is 1. The summed E-state index contributed by atoms with van der Waals surface area (Å²) >= 11 is 0. The maximum Gasteiger partial charge on any atom is 0.339 e. The number of hydrogen-bond acceptors (Lipinski definition) is 5. The lowest BCUT2D eigenvalue weighted by atomic mass is 9.86. The lowest BCUT2D eigenvalue weighted by Gasteiger charge is -2.22. The predicted molar refractivity (Wildman–Crippen MR) is 158 cm³/mol. The molecule has 200 valence electrons. The van der Waals surface area contributed by atoms with E-state index in [1.54, 1.807) is 18.2 Å². The highest BCUT2D eigenvalue weighted by molar-refractivity contribution is 6.08. The van der Waals surface area contributed by atoms with Crippen LogP contribution in [-0.4, -0.2) is 11.0 Å². The smallest absolute Gasteiger partial charge is 0.339 e. The van der Waals surface area contributed by atoms with Crippen LogP contribution in [0.2, 0.25) is 0 Å². The van der Waals surface area contributed by atoms with E-state index in [0.29, 0.717) is 28.6 Å². The van der Waals surface area contributed by atoms with Gasteiger partial charge in [-0.2, -0.15) is 0 Å². The number of fused-ring (bicyclic) bond motifs is 5. The topological polar surface area (TPSA) is 69.4 Å². The summed E-state index contributed by atoms with van der Waals surface area (Å²) in [5, 5.41) is 3.39. The summed E-state index contributed by atoms with van der Waals surface area (Å²) in [6.45, 7) is -0.0847. The Morgan fingerprint density at radius 3 is 2.56 bits per heavy atom. The highest BCUT2D eigenvalue weighted by Gasteiger charge is 2.26. The number of aromatic nitrogens is 1. The molecule has 0 aliphatic heterocycles. The molecule has 0 amide bonds. The van der Waals surface area contributed by atoms with Crippen molar-refractivity contribution in [2.45, 2.75) is 25.9 Å². The third-order valence-electron chi connectivity index (χ3n) is 7.66. The number of allylic oxidation sites excluding steroid dienone is 1. The fourth-order valence-corrected chi connectivity index (χ4v) is 5.82. The Kier molecular flexibility index (Phi) is 6.16.